The van der Waals surface area contributed by atoms with Gasteiger partial charge >= 0.3 is 5.97 Å². The van der Waals surface area contributed by atoms with Crippen molar-refractivity contribution in [2.75, 3.05) is 6.61 Å². The first-order valence-electron chi connectivity index (χ1n) is 7.09. The third-order valence-corrected chi connectivity index (χ3v) is 4.40. The molecule has 0 aromatic heterocycles. The summed E-state index contributed by atoms with van der Waals surface area (Å²) in [6.45, 7) is 12.7. The van der Waals surface area contributed by atoms with Gasteiger partial charge in [0.15, 0.2) is 8.32 Å². The average Bonchev–Trinajstić information content (AvgIpc) is 2.27. The zero-order chi connectivity index (χ0) is 16.4. The van der Waals surface area contributed by atoms with Gasteiger partial charge in [0, 0.05) is 12.5 Å². The topological polar surface area (TPSA) is 46.5 Å². The summed E-state index contributed by atoms with van der Waals surface area (Å²) < 4.78 is 20.5. The Labute approximate surface area is 127 Å². The zero-order valence-corrected chi connectivity index (χ0v) is 14.7. The summed E-state index contributed by atoms with van der Waals surface area (Å²) in [6, 6.07) is 4.54. The van der Waals surface area contributed by atoms with Crippen molar-refractivity contribution >= 4 is 14.3 Å². The maximum absolute atomic E-state index is 14.5. The van der Waals surface area contributed by atoms with Crippen molar-refractivity contribution in [2.45, 2.75) is 46.3 Å². The van der Waals surface area contributed by atoms with Crippen LogP contribution in [0.25, 0.3) is 0 Å². The van der Waals surface area contributed by atoms with Crippen LogP contribution in [0.5, 0.6) is 0 Å². The largest absolute Gasteiger partial charge is 0.478 e. The second-order valence-corrected chi connectivity index (χ2v) is 11.9. The molecule has 0 bridgehead atoms. The minimum absolute atomic E-state index is 0.191. The molecule has 0 fully saturated rings. The number of aromatic carboxylic acids is 1. The maximum atomic E-state index is 14.5. The molecule has 21 heavy (non-hydrogen) atoms. The lowest BCUT2D eigenvalue weighted by Gasteiger charge is -2.33. The Morgan fingerprint density at radius 2 is 1.90 bits per heavy atom. The van der Waals surface area contributed by atoms with Crippen molar-refractivity contribution in [2.24, 2.45) is 5.41 Å². The molecule has 0 heterocycles. The van der Waals surface area contributed by atoms with E-state index in [-0.39, 0.29) is 16.9 Å². The number of carbonyl (C=O) groups is 1. The standard InChI is InChI=1S/C16H25FO3Si/c1-16(2,3)13(10-20-21(4,5)6)11-8-7-9-12(14(11)17)15(18)19/h7-9,13H,10H2,1-6H3,(H,18,19). The molecule has 0 radical (unpaired) electrons. The van der Waals surface area contributed by atoms with Gasteiger partial charge in [0.1, 0.15) is 5.82 Å². The van der Waals surface area contributed by atoms with Gasteiger partial charge in [0.2, 0.25) is 0 Å². The summed E-state index contributed by atoms with van der Waals surface area (Å²) in [5, 5.41) is 9.07. The third-order valence-electron chi connectivity index (χ3n) is 3.36. The van der Waals surface area contributed by atoms with E-state index in [2.05, 4.69) is 19.6 Å². The second kappa shape index (κ2) is 6.28. The zero-order valence-electron chi connectivity index (χ0n) is 13.7. The number of hydrogen-bond acceptors (Lipinski definition) is 2. The van der Waals surface area contributed by atoms with E-state index in [0.717, 1.165) is 0 Å². The Kier molecular flexibility index (Phi) is 5.33. The van der Waals surface area contributed by atoms with Crippen LogP contribution < -0.4 is 0 Å². The minimum atomic E-state index is -1.72. The van der Waals surface area contributed by atoms with Gasteiger partial charge in [-0.05, 0) is 36.7 Å². The Hall–Kier alpha value is -1.20. The molecular weight excluding hydrogens is 287 g/mol. The van der Waals surface area contributed by atoms with Crippen LogP contribution in [0.15, 0.2) is 18.2 Å². The van der Waals surface area contributed by atoms with Crippen molar-refractivity contribution in [3.63, 3.8) is 0 Å². The van der Waals surface area contributed by atoms with Gasteiger partial charge in [0.25, 0.3) is 0 Å². The molecule has 1 atom stereocenters. The molecule has 1 aromatic rings. The van der Waals surface area contributed by atoms with Crippen LogP contribution in [0.3, 0.4) is 0 Å². The van der Waals surface area contributed by atoms with E-state index in [1.807, 2.05) is 20.8 Å². The fraction of sp³-hybridized carbons (Fsp3) is 0.562. The molecule has 0 aliphatic carbocycles. The van der Waals surface area contributed by atoms with Crippen molar-refractivity contribution < 1.29 is 18.7 Å². The SMILES string of the molecule is CC(C)(C)C(CO[Si](C)(C)C)c1cccc(C(=O)O)c1F. The maximum Gasteiger partial charge on any atom is 0.338 e. The monoisotopic (exact) mass is 312 g/mol. The van der Waals surface area contributed by atoms with E-state index >= 15 is 0 Å². The van der Waals surface area contributed by atoms with Crippen molar-refractivity contribution in [3.8, 4) is 0 Å². The molecule has 0 amide bonds. The van der Waals surface area contributed by atoms with Crippen molar-refractivity contribution in [3.05, 3.63) is 35.1 Å². The Morgan fingerprint density at radius 3 is 2.33 bits per heavy atom. The summed E-state index contributed by atoms with van der Waals surface area (Å²) in [4.78, 5) is 11.1. The van der Waals surface area contributed by atoms with Crippen LogP contribution in [-0.2, 0) is 4.43 Å². The molecular formula is C16H25FO3Si. The van der Waals surface area contributed by atoms with Crippen LogP contribution in [-0.4, -0.2) is 26.0 Å². The highest BCUT2D eigenvalue weighted by Crippen LogP contribution is 2.37. The van der Waals surface area contributed by atoms with E-state index in [1.165, 1.54) is 6.07 Å². The fourth-order valence-corrected chi connectivity index (χ4v) is 2.79. The van der Waals surface area contributed by atoms with Crippen LogP contribution >= 0.6 is 0 Å². The van der Waals surface area contributed by atoms with Gasteiger partial charge in [-0.25, -0.2) is 9.18 Å². The molecule has 0 saturated carbocycles. The lowest BCUT2D eigenvalue weighted by molar-refractivity contribution is 0.0690. The molecule has 0 aliphatic heterocycles. The van der Waals surface area contributed by atoms with E-state index in [9.17, 15) is 9.18 Å². The quantitative estimate of drug-likeness (QED) is 0.814. The first-order valence-corrected chi connectivity index (χ1v) is 10.5. The van der Waals surface area contributed by atoms with Crippen LogP contribution in [0.1, 0.15) is 42.6 Å². The van der Waals surface area contributed by atoms with Gasteiger partial charge < -0.3 is 9.53 Å². The lowest BCUT2D eigenvalue weighted by Crippen LogP contribution is -2.32. The second-order valence-electron chi connectivity index (χ2n) is 7.36. The first-order chi connectivity index (χ1) is 9.43. The molecule has 118 valence electrons. The fourth-order valence-electron chi connectivity index (χ4n) is 2.12. The van der Waals surface area contributed by atoms with E-state index in [4.69, 9.17) is 9.53 Å². The Bertz CT molecular complexity index is 515. The summed E-state index contributed by atoms with van der Waals surface area (Å²) in [7, 11) is -1.72. The Morgan fingerprint density at radius 1 is 1.33 bits per heavy atom. The normalized spacial score (nSPS) is 14.0. The molecule has 0 saturated heterocycles. The van der Waals surface area contributed by atoms with Gasteiger partial charge in [-0.3, -0.25) is 0 Å². The molecule has 1 unspecified atom stereocenters. The summed E-state index contributed by atoms with van der Waals surface area (Å²) >= 11 is 0. The first kappa shape index (κ1) is 17.8. The van der Waals surface area contributed by atoms with Crippen LogP contribution in [0.2, 0.25) is 19.6 Å². The number of carboxylic acids is 1. The number of benzene rings is 1. The summed E-state index contributed by atoms with van der Waals surface area (Å²) in [6.07, 6.45) is 0. The van der Waals surface area contributed by atoms with Crippen LogP contribution in [0.4, 0.5) is 4.39 Å². The molecule has 1 aromatic carbocycles. The van der Waals surface area contributed by atoms with E-state index < -0.39 is 20.1 Å². The summed E-state index contributed by atoms with van der Waals surface area (Å²) in [5.74, 6) is -2.08. The van der Waals surface area contributed by atoms with Crippen molar-refractivity contribution in [1.82, 2.24) is 0 Å². The number of carboxylic acid groups (broad SMARTS) is 1. The van der Waals surface area contributed by atoms with Gasteiger partial charge in [-0.15, -0.1) is 0 Å². The number of halogens is 1. The highest BCUT2D eigenvalue weighted by Gasteiger charge is 2.31. The summed E-state index contributed by atoms with van der Waals surface area (Å²) in [5.41, 5.74) is -0.0900. The number of hydrogen-bond donors (Lipinski definition) is 1. The van der Waals surface area contributed by atoms with Crippen molar-refractivity contribution in [1.29, 1.82) is 0 Å². The molecule has 5 heteroatoms. The predicted molar refractivity (Wildman–Crippen MR) is 84.9 cm³/mol. The van der Waals surface area contributed by atoms with E-state index in [1.54, 1.807) is 12.1 Å². The molecule has 0 aliphatic rings. The molecule has 1 rings (SSSR count). The van der Waals surface area contributed by atoms with E-state index in [0.29, 0.717) is 12.2 Å². The van der Waals surface area contributed by atoms with Gasteiger partial charge in [0.05, 0.1) is 5.56 Å². The van der Waals surface area contributed by atoms with Gasteiger partial charge in [-0.1, -0.05) is 32.9 Å². The van der Waals surface area contributed by atoms with Gasteiger partial charge in [-0.2, -0.15) is 0 Å². The predicted octanol–water partition coefficient (Wildman–Crippen LogP) is 4.51. The highest BCUT2D eigenvalue weighted by molar-refractivity contribution is 6.69. The molecule has 0 spiro atoms. The van der Waals surface area contributed by atoms with Crippen LogP contribution in [0, 0.1) is 11.2 Å². The average molecular weight is 312 g/mol. The number of rotatable bonds is 5. The highest BCUT2D eigenvalue weighted by atomic mass is 28.4. The molecule has 1 N–H and O–H groups in total. The Balaban J connectivity index is 3.22. The lowest BCUT2D eigenvalue weighted by atomic mass is 9.76. The molecule has 3 nitrogen and oxygen atoms in total. The third kappa shape index (κ3) is 4.93. The minimum Gasteiger partial charge on any atom is -0.478 e. The smallest absolute Gasteiger partial charge is 0.338 e.